The summed E-state index contributed by atoms with van der Waals surface area (Å²) in [6.07, 6.45) is 3.80. The van der Waals surface area contributed by atoms with E-state index in [9.17, 15) is 9.59 Å². The first-order valence-corrected chi connectivity index (χ1v) is 11.5. The van der Waals surface area contributed by atoms with E-state index in [0.717, 1.165) is 24.9 Å². The summed E-state index contributed by atoms with van der Waals surface area (Å²) in [5.41, 5.74) is 4.14. The first kappa shape index (κ1) is 22.2. The van der Waals surface area contributed by atoms with Crippen LogP contribution in [0.5, 0.6) is 0 Å². The zero-order valence-corrected chi connectivity index (χ0v) is 19.8. The number of fused-ring (bicyclic) bond motifs is 1. The standard InChI is InChI=1S/C26H29N3O2S/c1-5-13-28-22-12-11-18(14-20(22)17(2)16-26(28,3)4)15-21-23(30)27-25(32)29(24(21)31)19-9-7-6-8-10-19/h6-12,14-15,17H,5,13,16H2,1-4H3,(H,27,30,32)/b21-15-. The molecule has 2 aromatic carbocycles. The summed E-state index contributed by atoms with van der Waals surface area (Å²) in [6.45, 7) is 10.0. The van der Waals surface area contributed by atoms with E-state index in [4.69, 9.17) is 12.2 Å². The maximum absolute atomic E-state index is 13.2. The number of hydrogen-bond acceptors (Lipinski definition) is 4. The Morgan fingerprint density at radius 3 is 2.56 bits per heavy atom. The van der Waals surface area contributed by atoms with Gasteiger partial charge in [-0.1, -0.05) is 38.1 Å². The number of hydrogen-bond donors (Lipinski definition) is 1. The molecule has 4 rings (SSSR count). The molecule has 2 aromatic rings. The van der Waals surface area contributed by atoms with E-state index in [-0.39, 0.29) is 16.2 Å². The molecule has 0 aromatic heterocycles. The predicted molar refractivity (Wildman–Crippen MR) is 134 cm³/mol. The van der Waals surface area contributed by atoms with E-state index < -0.39 is 11.8 Å². The van der Waals surface area contributed by atoms with Crippen LogP contribution in [-0.2, 0) is 9.59 Å². The molecule has 166 valence electrons. The third-order valence-electron chi connectivity index (χ3n) is 6.28. The number of anilines is 2. The van der Waals surface area contributed by atoms with Crippen molar-refractivity contribution in [2.45, 2.75) is 52.0 Å². The van der Waals surface area contributed by atoms with Crippen molar-refractivity contribution >= 4 is 46.6 Å². The molecule has 2 aliphatic heterocycles. The summed E-state index contributed by atoms with van der Waals surface area (Å²) >= 11 is 5.28. The third kappa shape index (κ3) is 3.95. The van der Waals surface area contributed by atoms with Crippen LogP contribution in [0, 0.1) is 0 Å². The van der Waals surface area contributed by atoms with E-state index in [2.05, 4.69) is 50.0 Å². The highest BCUT2D eigenvalue weighted by Gasteiger charge is 2.37. The van der Waals surface area contributed by atoms with Gasteiger partial charge in [-0.15, -0.1) is 0 Å². The first-order chi connectivity index (χ1) is 15.2. The lowest BCUT2D eigenvalue weighted by Gasteiger charge is -2.47. The van der Waals surface area contributed by atoms with Gasteiger partial charge in [-0.2, -0.15) is 0 Å². The Kier molecular flexibility index (Phi) is 5.91. The molecule has 0 saturated carbocycles. The van der Waals surface area contributed by atoms with Gasteiger partial charge in [0.1, 0.15) is 5.57 Å². The number of nitrogens with zero attached hydrogens (tertiary/aromatic N) is 2. The fraction of sp³-hybridized carbons (Fsp3) is 0.346. The Balaban J connectivity index is 1.72. The fourth-order valence-corrected chi connectivity index (χ4v) is 5.16. The monoisotopic (exact) mass is 447 g/mol. The molecule has 2 aliphatic rings. The SMILES string of the molecule is CCCN1c2ccc(/C=C3/C(=O)NC(=S)N(c4ccccc4)C3=O)cc2C(C)CC1(C)C. The Labute approximate surface area is 195 Å². The second-order valence-electron chi connectivity index (χ2n) is 9.18. The van der Waals surface area contributed by atoms with Crippen LogP contribution in [0.2, 0.25) is 0 Å². The summed E-state index contributed by atoms with van der Waals surface area (Å²) in [5, 5.41) is 2.75. The van der Waals surface area contributed by atoms with Crippen molar-refractivity contribution in [3.05, 3.63) is 65.2 Å². The lowest BCUT2D eigenvalue weighted by atomic mass is 9.79. The maximum Gasteiger partial charge on any atom is 0.270 e. The second-order valence-corrected chi connectivity index (χ2v) is 9.57. The molecule has 1 saturated heterocycles. The number of para-hydroxylation sites is 1. The molecular formula is C26H29N3O2S. The number of nitrogens with one attached hydrogen (secondary N) is 1. The molecule has 0 spiro atoms. The summed E-state index contributed by atoms with van der Waals surface area (Å²) in [4.78, 5) is 29.7. The number of benzene rings is 2. The first-order valence-electron chi connectivity index (χ1n) is 11.1. The van der Waals surface area contributed by atoms with Crippen molar-refractivity contribution in [1.29, 1.82) is 0 Å². The van der Waals surface area contributed by atoms with Crippen molar-refractivity contribution in [2.75, 3.05) is 16.3 Å². The molecule has 1 fully saturated rings. The van der Waals surface area contributed by atoms with Crippen LogP contribution >= 0.6 is 12.2 Å². The molecule has 2 heterocycles. The second kappa shape index (κ2) is 8.51. The molecule has 0 bridgehead atoms. The van der Waals surface area contributed by atoms with Gasteiger partial charge in [0.25, 0.3) is 11.8 Å². The highest BCUT2D eigenvalue weighted by Crippen LogP contribution is 2.43. The van der Waals surface area contributed by atoms with Crippen molar-refractivity contribution in [3.63, 3.8) is 0 Å². The summed E-state index contributed by atoms with van der Waals surface area (Å²) < 4.78 is 0. The Morgan fingerprint density at radius 1 is 1.16 bits per heavy atom. The van der Waals surface area contributed by atoms with Crippen LogP contribution in [-0.4, -0.2) is 29.0 Å². The quantitative estimate of drug-likeness (QED) is 0.406. The molecule has 1 N–H and O–H groups in total. The molecule has 6 heteroatoms. The van der Waals surface area contributed by atoms with E-state index >= 15 is 0 Å². The minimum Gasteiger partial charge on any atom is -0.366 e. The van der Waals surface area contributed by atoms with Crippen LogP contribution in [0.15, 0.2) is 54.1 Å². The third-order valence-corrected chi connectivity index (χ3v) is 6.57. The van der Waals surface area contributed by atoms with Gasteiger partial charge in [-0.05, 0) is 86.3 Å². The van der Waals surface area contributed by atoms with Gasteiger partial charge < -0.3 is 4.90 Å². The zero-order valence-electron chi connectivity index (χ0n) is 19.0. The van der Waals surface area contributed by atoms with Crippen LogP contribution in [0.4, 0.5) is 11.4 Å². The van der Waals surface area contributed by atoms with Crippen LogP contribution in [0.1, 0.15) is 57.6 Å². The topological polar surface area (TPSA) is 52.7 Å². The van der Waals surface area contributed by atoms with Gasteiger partial charge in [-0.25, -0.2) is 0 Å². The largest absolute Gasteiger partial charge is 0.366 e. The van der Waals surface area contributed by atoms with Crippen LogP contribution < -0.4 is 15.1 Å². The van der Waals surface area contributed by atoms with Gasteiger partial charge in [0.05, 0.1) is 5.69 Å². The normalized spacial score (nSPS) is 21.6. The smallest absolute Gasteiger partial charge is 0.270 e. The zero-order chi connectivity index (χ0) is 23.0. The highest BCUT2D eigenvalue weighted by atomic mass is 32.1. The highest BCUT2D eigenvalue weighted by molar-refractivity contribution is 7.80. The number of carbonyl (C=O) groups excluding carboxylic acids is 2. The summed E-state index contributed by atoms with van der Waals surface area (Å²) in [5.74, 6) is -0.494. The van der Waals surface area contributed by atoms with Crippen LogP contribution in [0.3, 0.4) is 0 Å². The number of rotatable bonds is 4. The minimum absolute atomic E-state index is 0.0802. The molecule has 0 aliphatic carbocycles. The maximum atomic E-state index is 13.2. The number of thiocarbonyl (C=S) groups is 1. The average molecular weight is 448 g/mol. The Hall–Kier alpha value is -2.99. The van der Waals surface area contributed by atoms with E-state index in [1.165, 1.54) is 16.2 Å². The molecule has 2 amide bonds. The van der Waals surface area contributed by atoms with Gasteiger partial charge in [0, 0.05) is 17.8 Å². The molecule has 1 atom stereocenters. The Bertz CT molecular complexity index is 1110. The predicted octanol–water partition coefficient (Wildman–Crippen LogP) is 5.02. The number of carbonyl (C=O) groups is 2. The lowest BCUT2D eigenvalue weighted by molar-refractivity contribution is -0.122. The van der Waals surface area contributed by atoms with Crippen molar-refractivity contribution in [2.24, 2.45) is 0 Å². The minimum atomic E-state index is -0.466. The van der Waals surface area contributed by atoms with E-state index in [1.807, 2.05) is 24.3 Å². The average Bonchev–Trinajstić information content (AvgIpc) is 2.74. The van der Waals surface area contributed by atoms with Crippen molar-refractivity contribution < 1.29 is 9.59 Å². The lowest BCUT2D eigenvalue weighted by Crippen LogP contribution is -2.54. The van der Waals surface area contributed by atoms with Crippen LogP contribution in [0.25, 0.3) is 6.08 Å². The van der Waals surface area contributed by atoms with Gasteiger partial charge in [0.2, 0.25) is 0 Å². The van der Waals surface area contributed by atoms with Gasteiger partial charge in [-0.3, -0.25) is 19.8 Å². The van der Waals surface area contributed by atoms with Crippen molar-refractivity contribution in [3.8, 4) is 0 Å². The molecule has 5 nitrogen and oxygen atoms in total. The molecule has 1 unspecified atom stereocenters. The van der Waals surface area contributed by atoms with Gasteiger partial charge >= 0.3 is 0 Å². The molecule has 32 heavy (non-hydrogen) atoms. The van der Waals surface area contributed by atoms with E-state index in [1.54, 1.807) is 18.2 Å². The van der Waals surface area contributed by atoms with Crippen molar-refractivity contribution in [1.82, 2.24) is 5.32 Å². The Morgan fingerprint density at radius 2 is 1.88 bits per heavy atom. The molecular weight excluding hydrogens is 418 g/mol. The number of amides is 2. The summed E-state index contributed by atoms with van der Waals surface area (Å²) in [7, 11) is 0. The van der Waals surface area contributed by atoms with E-state index in [0.29, 0.717) is 11.6 Å². The fourth-order valence-electron chi connectivity index (χ4n) is 4.88. The molecule has 0 radical (unpaired) electrons. The summed E-state index contributed by atoms with van der Waals surface area (Å²) in [6, 6.07) is 15.4. The van der Waals surface area contributed by atoms with Gasteiger partial charge in [0.15, 0.2) is 5.11 Å².